The summed E-state index contributed by atoms with van der Waals surface area (Å²) in [6, 6.07) is 2.14. The highest BCUT2D eigenvalue weighted by molar-refractivity contribution is 5.00. The van der Waals surface area contributed by atoms with Gasteiger partial charge in [0.1, 0.15) is 0 Å². The third kappa shape index (κ3) is 2.59. The monoisotopic (exact) mass is 248 g/mol. The van der Waals surface area contributed by atoms with Crippen molar-refractivity contribution in [3.63, 3.8) is 0 Å². The molecule has 3 rings (SSSR count). The van der Waals surface area contributed by atoms with Gasteiger partial charge in [0.15, 0.2) is 0 Å². The number of aryl methyl sites for hydroxylation is 1. The largest absolute Gasteiger partial charge is 0.316 e. The number of nitrogens with one attached hydrogen (secondary N) is 1. The molecule has 0 aromatic carbocycles. The summed E-state index contributed by atoms with van der Waals surface area (Å²) in [5, 5.41) is 8.09. The van der Waals surface area contributed by atoms with E-state index in [0.29, 0.717) is 5.41 Å². The number of hydrogen-bond acceptors (Lipinski definition) is 3. The fourth-order valence-corrected chi connectivity index (χ4v) is 3.60. The molecule has 100 valence electrons. The number of aromatic nitrogens is 2. The zero-order valence-corrected chi connectivity index (χ0v) is 11.4. The van der Waals surface area contributed by atoms with Crippen LogP contribution in [0.5, 0.6) is 0 Å². The molecule has 2 aliphatic heterocycles. The van der Waals surface area contributed by atoms with Gasteiger partial charge >= 0.3 is 0 Å². The van der Waals surface area contributed by atoms with Crippen molar-refractivity contribution < 1.29 is 0 Å². The van der Waals surface area contributed by atoms with Gasteiger partial charge in [-0.25, -0.2) is 0 Å². The van der Waals surface area contributed by atoms with Crippen molar-refractivity contribution in [2.45, 2.75) is 32.2 Å². The zero-order valence-electron chi connectivity index (χ0n) is 11.4. The topological polar surface area (TPSA) is 33.1 Å². The minimum atomic E-state index is 0.547. The lowest BCUT2D eigenvalue weighted by Crippen LogP contribution is -2.50. The van der Waals surface area contributed by atoms with E-state index in [1.54, 1.807) is 0 Å². The van der Waals surface area contributed by atoms with Crippen molar-refractivity contribution in [1.82, 2.24) is 20.0 Å². The van der Waals surface area contributed by atoms with Crippen molar-refractivity contribution in [3.8, 4) is 0 Å². The van der Waals surface area contributed by atoms with Gasteiger partial charge in [-0.3, -0.25) is 9.58 Å². The van der Waals surface area contributed by atoms with E-state index in [0.717, 1.165) is 6.54 Å². The third-order valence-corrected chi connectivity index (χ3v) is 4.46. The van der Waals surface area contributed by atoms with Crippen LogP contribution in [-0.4, -0.2) is 40.9 Å². The van der Waals surface area contributed by atoms with Crippen LogP contribution in [0, 0.1) is 5.41 Å². The highest BCUT2D eigenvalue weighted by Crippen LogP contribution is 2.36. The molecule has 2 saturated heterocycles. The summed E-state index contributed by atoms with van der Waals surface area (Å²) < 4.78 is 1.90. The minimum Gasteiger partial charge on any atom is -0.316 e. The molecule has 1 aromatic rings. The van der Waals surface area contributed by atoms with Crippen LogP contribution in [0.1, 0.15) is 31.4 Å². The first kappa shape index (κ1) is 12.2. The lowest BCUT2D eigenvalue weighted by Gasteiger charge is -2.45. The maximum absolute atomic E-state index is 4.50. The van der Waals surface area contributed by atoms with E-state index in [1.165, 1.54) is 57.6 Å². The van der Waals surface area contributed by atoms with Gasteiger partial charge in [0.05, 0.1) is 5.69 Å². The van der Waals surface area contributed by atoms with E-state index in [4.69, 9.17) is 0 Å². The van der Waals surface area contributed by atoms with E-state index < -0.39 is 0 Å². The van der Waals surface area contributed by atoms with Gasteiger partial charge in [-0.1, -0.05) is 0 Å². The highest BCUT2D eigenvalue weighted by Gasteiger charge is 2.36. The van der Waals surface area contributed by atoms with Crippen LogP contribution in [0.2, 0.25) is 0 Å². The van der Waals surface area contributed by atoms with Crippen LogP contribution in [0.25, 0.3) is 0 Å². The number of piperidine rings is 2. The molecule has 0 saturated carbocycles. The summed E-state index contributed by atoms with van der Waals surface area (Å²) in [6.07, 6.45) is 7.53. The Bertz CT molecular complexity index is 387. The molecule has 1 spiro atoms. The molecule has 1 aromatic heterocycles. The second kappa shape index (κ2) is 5.02. The van der Waals surface area contributed by atoms with Crippen LogP contribution >= 0.6 is 0 Å². The van der Waals surface area contributed by atoms with Gasteiger partial charge in [0, 0.05) is 32.9 Å². The average Bonchev–Trinajstić information content (AvgIpc) is 2.76. The van der Waals surface area contributed by atoms with Crippen molar-refractivity contribution in [2.24, 2.45) is 12.5 Å². The molecule has 2 aliphatic rings. The second-order valence-corrected chi connectivity index (χ2v) is 6.08. The van der Waals surface area contributed by atoms with Crippen molar-refractivity contribution in [1.29, 1.82) is 0 Å². The van der Waals surface area contributed by atoms with E-state index in [-0.39, 0.29) is 0 Å². The molecule has 1 atom stereocenters. The molecule has 0 radical (unpaired) electrons. The Balaban J connectivity index is 1.63. The fraction of sp³-hybridized carbons (Fsp3) is 0.786. The van der Waals surface area contributed by atoms with E-state index in [9.17, 15) is 0 Å². The number of likely N-dealkylation sites (tertiary alicyclic amines) is 1. The molecule has 0 bridgehead atoms. The van der Waals surface area contributed by atoms with Crippen LogP contribution in [0.4, 0.5) is 0 Å². The molecule has 4 nitrogen and oxygen atoms in total. The molecule has 4 heteroatoms. The smallest absolute Gasteiger partial charge is 0.0764 e. The van der Waals surface area contributed by atoms with E-state index in [1.807, 2.05) is 17.9 Å². The fourth-order valence-electron chi connectivity index (χ4n) is 3.60. The lowest BCUT2D eigenvalue weighted by molar-refractivity contribution is 0.0592. The molecular formula is C14H24N4. The van der Waals surface area contributed by atoms with Gasteiger partial charge in [-0.05, 0) is 50.3 Å². The molecule has 1 unspecified atom stereocenters. The van der Waals surface area contributed by atoms with Crippen LogP contribution < -0.4 is 5.32 Å². The van der Waals surface area contributed by atoms with Gasteiger partial charge in [-0.15, -0.1) is 0 Å². The zero-order chi connectivity index (χ0) is 12.4. The SMILES string of the molecule is Cn1ccc(CN2CCCC3(CCCNC3)C2)n1. The Morgan fingerprint density at radius 3 is 3.00 bits per heavy atom. The highest BCUT2D eigenvalue weighted by atomic mass is 15.3. The first-order valence-electron chi connectivity index (χ1n) is 7.17. The summed E-state index contributed by atoms with van der Waals surface area (Å²) in [4.78, 5) is 2.60. The summed E-state index contributed by atoms with van der Waals surface area (Å²) in [7, 11) is 1.99. The lowest BCUT2D eigenvalue weighted by atomic mass is 9.74. The normalized spacial score (nSPS) is 29.8. The van der Waals surface area contributed by atoms with E-state index in [2.05, 4.69) is 21.4 Å². The van der Waals surface area contributed by atoms with Crippen LogP contribution in [0.3, 0.4) is 0 Å². The quantitative estimate of drug-likeness (QED) is 0.858. The Morgan fingerprint density at radius 1 is 1.39 bits per heavy atom. The summed E-state index contributed by atoms with van der Waals surface area (Å²) in [5.41, 5.74) is 1.75. The van der Waals surface area contributed by atoms with Crippen LogP contribution in [-0.2, 0) is 13.6 Å². The number of nitrogens with zero attached hydrogens (tertiary/aromatic N) is 3. The van der Waals surface area contributed by atoms with Crippen molar-refractivity contribution >= 4 is 0 Å². The number of rotatable bonds is 2. The molecule has 1 N–H and O–H groups in total. The first-order valence-corrected chi connectivity index (χ1v) is 7.17. The Labute approximate surface area is 109 Å². The van der Waals surface area contributed by atoms with Gasteiger partial charge in [0.2, 0.25) is 0 Å². The van der Waals surface area contributed by atoms with Gasteiger partial charge in [0.25, 0.3) is 0 Å². The summed E-state index contributed by atoms with van der Waals surface area (Å²) in [6.45, 7) is 5.92. The standard InChI is InChI=1S/C14H24N4/c1-17-9-4-13(16-17)10-18-8-3-6-14(12-18)5-2-7-15-11-14/h4,9,15H,2-3,5-8,10-12H2,1H3. The minimum absolute atomic E-state index is 0.547. The first-order chi connectivity index (χ1) is 8.76. The molecule has 0 aliphatic carbocycles. The third-order valence-electron chi connectivity index (χ3n) is 4.46. The molecular weight excluding hydrogens is 224 g/mol. The molecule has 18 heavy (non-hydrogen) atoms. The van der Waals surface area contributed by atoms with Crippen LogP contribution in [0.15, 0.2) is 12.3 Å². The Morgan fingerprint density at radius 2 is 2.28 bits per heavy atom. The predicted octanol–water partition coefficient (Wildman–Crippen LogP) is 1.39. The predicted molar refractivity (Wildman–Crippen MR) is 72.3 cm³/mol. The average molecular weight is 248 g/mol. The Kier molecular flexibility index (Phi) is 3.39. The summed E-state index contributed by atoms with van der Waals surface area (Å²) in [5.74, 6) is 0. The molecule has 3 heterocycles. The maximum atomic E-state index is 4.50. The van der Waals surface area contributed by atoms with Crippen molar-refractivity contribution in [2.75, 3.05) is 26.2 Å². The molecule has 0 amide bonds. The Hall–Kier alpha value is -0.870. The van der Waals surface area contributed by atoms with E-state index >= 15 is 0 Å². The summed E-state index contributed by atoms with van der Waals surface area (Å²) >= 11 is 0. The maximum Gasteiger partial charge on any atom is 0.0764 e. The van der Waals surface area contributed by atoms with Gasteiger partial charge in [-0.2, -0.15) is 5.10 Å². The second-order valence-electron chi connectivity index (χ2n) is 6.08. The van der Waals surface area contributed by atoms with Gasteiger partial charge < -0.3 is 5.32 Å². The van der Waals surface area contributed by atoms with Crippen molar-refractivity contribution in [3.05, 3.63) is 18.0 Å². The molecule has 2 fully saturated rings. The number of hydrogen-bond donors (Lipinski definition) is 1.